The van der Waals surface area contributed by atoms with Gasteiger partial charge in [-0.15, -0.1) is 0 Å². The Balaban J connectivity index is 3.45. The molecule has 11 nitrogen and oxygen atoms in total. The maximum absolute atomic E-state index is 11.9. The molecule has 184 valence electrons. The molecule has 31 heavy (non-hydrogen) atoms. The SMILES string of the molecule is CC(C)(C)OC(=O)C(COCCOCCOCCOCCOCCOCCN)C(=O)O. The van der Waals surface area contributed by atoms with Crippen LogP contribution in [0.25, 0.3) is 0 Å². The molecule has 0 aliphatic carbocycles. The van der Waals surface area contributed by atoms with Crippen molar-refractivity contribution >= 4 is 11.9 Å². The molecule has 0 aromatic carbocycles. The first-order valence-corrected chi connectivity index (χ1v) is 10.4. The monoisotopic (exact) mass is 453 g/mol. The van der Waals surface area contributed by atoms with Crippen LogP contribution >= 0.6 is 0 Å². The summed E-state index contributed by atoms with van der Waals surface area (Å²) in [6.45, 7) is 9.86. The molecular weight excluding hydrogens is 414 g/mol. The lowest BCUT2D eigenvalue weighted by atomic mass is 10.1. The van der Waals surface area contributed by atoms with Crippen molar-refractivity contribution in [2.45, 2.75) is 26.4 Å². The highest BCUT2D eigenvalue weighted by Gasteiger charge is 2.31. The van der Waals surface area contributed by atoms with Gasteiger partial charge in [-0.2, -0.15) is 0 Å². The van der Waals surface area contributed by atoms with Crippen molar-refractivity contribution in [3.05, 3.63) is 0 Å². The molecule has 0 spiro atoms. The third kappa shape index (κ3) is 20.3. The molecule has 0 aliphatic rings. The van der Waals surface area contributed by atoms with Gasteiger partial charge in [-0.25, -0.2) is 0 Å². The van der Waals surface area contributed by atoms with E-state index in [-0.39, 0.29) is 19.8 Å². The lowest BCUT2D eigenvalue weighted by molar-refractivity contribution is -0.169. The molecular formula is C20H39NO10. The number of hydrogen-bond donors (Lipinski definition) is 2. The van der Waals surface area contributed by atoms with E-state index in [1.165, 1.54) is 0 Å². The molecule has 0 bridgehead atoms. The lowest BCUT2D eigenvalue weighted by Crippen LogP contribution is -2.35. The summed E-state index contributed by atoms with van der Waals surface area (Å²) in [6, 6.07) is 0. The van der Waals surface area contributed by atoms with Crippen molar-refractivity contribution < 1.29 is 47.9 Å². The summed E-state index contributed by atoms with van der Waals surface area (Å²) in [5, 5.41) is 9.13. The normalized spacial score (nSPS) is 12.6. The Bertz CT molecular complexity index is 456. The van der Waals surface area contributed by atoms with Gasteiger partial charge in [-0.05, 0) is 20.8 Å². The third-order valence-corrected chi connectivity index (χ3v) is 3.40. The zero-order valence-electron chi connectivity index (χ0n) is 19.0. The van der Waals surface area contributed by atoms with Gasteiger partial charge >= 0.3 is 11.9 Å². The lowest BCUT2D eigenvalue weighted by Gasteiger charge is -2.22. The Morgan fingerprint density at radius 3 is 1.39 bits per heavy atom. The summed E-state index contributed by atoms with van der Waals surface area (Å²) < 4.78 is 36.8. The third-order valence-electron chi connectivity index (χ3n) is 3.40. The molecule has 0 aromatic rings. The van der Waals surface area contributed by atoms with Gasteiger partial charge in [-0.3, -0.25) is 9.59 Å². The van der Waals surface area contributed by atoms with Gasteiger partial charge in [0.15, 0.2) is 5.92 Å². The van der Waals surface area contributed by atoms with E-state index in [0.717, 1.165) is 0 Å². The number of hydrogen-bond acceptors (Lipinski definition) is 10. The molecule has 0 heterocycles. The number of rotatable bonds is 21. The van der Waals surface area contributed by atoms with E-state index in [9.17, 15) is 9.59 Å². The van der Waals surface area contributed by atoms with Gasteiger partial charge < -0.3 is 44.0 Å². The maximum atomic E-state index is 11.9. The van der Waals surface area contributed by atoms with Gasteiger partial charge in [-0.1, -0.05) is 0 Å². The van der Waals surface area contributed by atoms with E-state index >= 15 is 0 Å². The van der Waals surface area contributed by atoms with Crippen LogP contribution in [-0.2, 0) is 42.7 Å². The van der Waals surface area contributed by atoms with Crippen LogP contribution in [0.1, 0.15) is 20.8 Å². The highest BCUT2D eigenvalue weighted by Crippen LogP contribution is 2.12. The topological polar surface area (TPSA) is 145 Å². The fourth-order valence-electron chi connectivity index (χ4n) is 2.00. The molecule has 1 unspecified atom stereocenters. The Hall–Kier alpha value is -1.34. The summed E-state index contributed by atoms with van der Waals surface area (Å²) in [4.78, 5) is 23.0. The van der Waals surface area contributed by atoms with Crippen LogP contribution in [0.3, 0.4) is 0 Å². The number of carbonyl (C=O) groups excluding carboxylic acids is 1. The standard InChI is InChI=1S/C20H39NO10/c1-20(2,3)31-19(24)17(18(22)23)16-30-15-14-29-13-12-28-11-10-27-9-8-26-7-6-25-5-4-21/h17H,4-16,21H2,1-3H3,(H,22,23). The molecule has 0 aliphatic heterocycles. The molecule has 1 atom stereocenters. The van der Waals surface area contributed by atoms with E-state index in [0.29, 0.717) is 66.0 Å². The maximum Gasteiger partial charge on any atom is 0.323 e. The van der Waals surface area contributed by atoms with Crippen molar-refractivity contribution in [3.8, 4) is 0 Å². The first kappa shape index (κ1) is 29.7. The van der Waals surface area contributed by atoms with Crippen LogP contribution in [0.15, 0.2) is 0 Å². The Labute approximate surface area is 184 Å². The summed E-state index contributed by atoms with van der Waals surface area (Å²) >= 11 is 0. The smallest absolute Gasteiger partial charge is 0.323 e. The van der Waals surface area contributed by atoms with Gasteiger partial charge in [0.2, 0.25) is 0 Å². The number of carboxylic acid groups (broad SMARTS) is 1. The number of carboxylic acids is 1. The van der Waals surface area contributed by atoms with E-state index in [2.05, 4.69) is 0 Å². The first-order valence-electron chi connectivity index (χ1n) is 10.4. The zero-order valence-corrected chi connectivity index (χ0v) is 19.0. The summed E-state index contributed by atoms with van der Waals surface area (Å²) in [6.07, 6.45) is 0. The molecule has 0 radical (unpaired) electrons. The molecule has 11 heteroatoms. The predicted molar refractivity (Wildman–Crippen MR) is 111 cm³/mol. The van der Waals surface area contributed by atoms with Crippen molar-refractivity contribution in [3.63, 3.8) is 0 Å². The van der Waals surface area contributed by atoms with Crippen molar-refractivity contribution in [1.29, 1.82) is 0 Å². The molecule has 0 saturated carbocycles. The minimum atomic E-state index is -1.36. The Kier molecular flexibility index (Phi) is 18.5. The molecule has 0 fully saturated rings. The van der Waals surface area contributed by atoms with Crippen LogP contribution in [0.5, 0.6) is 0 Å². The van der Waals surface area contributed by atoms with Crippen molar-refractivity contribution in [1.82, 2.24) is 0 Å². The minimum absolute atomic E-state index is 0.160. The molecule has 0 saturated heterocycles. The van der Waals surface area contributed by atoms with Gasteiger partial charge in [0, 0.05) is 6.54 Å². The highest BCUT2D eigenvalue weighted by atomic mass is 16.6. The predicted octanol–water partition coefficient (Wildman–Crippen LogP) is 0.0872. The fraction of sp³-hybridized carbons (Fsp3) is 0.900. The van der Waals surface area contributed by atoms with Crippen LogP contribution in [0.2, 0.25) is 0 Å². The molecule has 3 N–H and O–H groups in total. The largest absolute Gasteiger partial charge is 0.481 e. The van der Waals surface area contributed by atoms with Crippen LogP contribution in [-0.4, -0.2) is 108 Å². The molecule has 0 rings (SSSR count). The summed E-state index contributed by atoms with van der Waals surface area (Å²) in [5.74, 6) is -3.47. The van der Waals surface area contributed by atoms with Crippen LogP contribution in [0, 0.1) is 5.92 Å². The second-order valence-electron chi connectivity index (χ2n) is 7.35. The van der Waals surface area contributed by atoms with Gasteiger partial charge in [0.05, 0.1) is 79.3 Å². The van der Waals surface area contributed by atoms with Crippen molar-refractivity contribution in [2.24, 2.45) is 11.7 Å². The Morgan fingerprint density at radius 1 is 0.710 bits per heavy atom. The number of ether oxygens (including phenoxy) is 7. The highest BCUT2D eigenvalue weighted by molar-refractivity contribution is 5.94. The molecule has 0 amide bonds. The fourth-order valence-corrected chi connectivity index (χ4v) is 2.00. The first-order chi connectivity index (χ1) is 14.8. The van der Waals surface area contributed by atoms with E-state index < -0.39 is 23.5 Å². The van der Waals surface area contributed by atoms with E-state index in [1.54, 1.807) is 20.8 Å². The average Bonchev–Trinajstić information content (AvgIpc) is 2.68. The molecule has 0 aromatic heterocycles. The zero-order chi connectivity index (χ0) is 23.4. The Morgan fingerprint density at radius 2 is 1.06 bits per heavy atom. The number of esters is 1. The second-order valence-corrected chi connectivity index (χ2v) is 7.35. The number of carbonyl (C=O) groups is 2. The van der Waals surface area contributed by atoms with Crippen LogP contribution < -0.4 is 5.73 Å². The summed E-state index contributed by atoms with van der Waals surface area (Å²) in [7, 11) is 0. The number of aliphatic carboxylic acids is 1. The minimum Gasteiger partial charge on any atom is -0.481 e. The summed E-state index contributed by atoms with van der Waals surface area (Å²) in [5.41, 5.74) is 4.54. The number of nitrogens with two attached hydrogens (primary N) is 1. The second kappa shape index (κ2) is 19.4. The van der Waals surface area contributed by atoms with Crippen LogP contribution in [0.4, 0.5) is 0 Å². The van der Waals surface area contributed by atoms with Crippen molar-refractivity contribution in [2.75, 3.05) is 85.8 Å². The average molecular weight is 454 g/mol. The van der Waals surface area contributed by atoms with E-state index in [1.807, 2.05) is 0 Å². The van der Waals surface area contributed by atoms with Gasteiger partial charge in [0.1, 0.15) is 5.60 Å². The quantitative estimate of drug-likeness (QED) is 0.138. The van der Waals surface area contributed by atoms with Gasteiger partial charge in [0.25, 0.3) is 0 Å². The van der Waals surface area contributed by atoms with E-state index in [4.69, 9.17) is 44.0 Å².